The zero-order chi connectivity index (χ0) is 14.3. The lowest BCUT2D eigenvalue weighted by atomic mass is 10.2. The quantitative estimate of drug-likeness (QED) is 0.671. The summed E-state index contributed by atoms with van der Waals surface area (Å²) in [7, 11) is 0. The van der Waals surface area contributed by atoms with Gasteiger partial charge in [0.05, 0.1) is 10.5 Å². The van der Waals surface area contributed by atoms with Crippen LogP contribution in [0, 0.1) is 18.6 Å². The minimum Gasteiger partial charge on any atom is -0.356 e. The van der Waals surface area contributed by atoms with Gasteiger partial charge < -0.3 is 10.3 Å². The molecule has 0 bridgehead atoms. The van der Waals surface area contributed by atoms with Crippen LogP contribution >= 0.6 is 11.6 Å². The first-order chi connectivity index (χ1) is 9.54. The lowest BCUT2D eigenvalue weighted by Crippen LogP contribution is -1.92. The molecule has 1 aromatic heterocycles. The Hall–Kier alpha value is -2.07. The van der Waals surface area contributed by atoms with Gasteiger partial charge in [-0.25, -0.2) is 8.78 Å². The van der Waals surface area contributed by atoms with Gasteiger partial charge in [0.2, 0.25) is 0 Å². The molecule has 0 spiro atoms. The maximum absolute atomic E-state index is 13.7. The Morgan fingerprint density at radius 1 is 1.05 bits per heavy atom. The molecule has 3 rings (SSSR count). The Kier molecular flexibility index (Phi) is 3.10. The first kappa shape index (κ1) is 12.9. The summed E-state index contributed by atoms with van der Waals surface area (Å²) < 4.78 is 26.8. The fourth-order valence-corrected chi connectivity index (χ4v) is 2.34. The maximum Gasteiger partial charge on any atom is 0.147 e. The van der Waals surface area contributed by atoms with Crippen LogP contribution in [0.3, 0.4) is 0 Å². The van der Waals surface area contributed by atoms with Gasteiger partial charge >= 0.3 is 0 Å². The zero-order valence-electron chi connectivity index (χ0n) is 10.6. The lowest BCUT2D eigenvalue weighted by Gasteiger charge is -2.09. The second-order valence-corrected chi connectivity index (χ2v) is 5.00. The molecule has 0 unspecified atom stereocenters. The average molecular weight is 293 g/mol. The summed E-state index contributed by atoms with van der Waals surface area (Å²) in [6.45, 7) is 1.86. The highest BCUT2D eigenvalue weighted by Gasteiger charge is 2.09. The second kappa shape index (κ2) is 4.80. The number of fused-ring (bicyclic) bond motifs is 1. The third-order valence-corrected chi connectivity index (χ3v) is 3.37. The van der Waals surface area contributed by atoms with Crippen molar-refractivity contribution < 1.29 is 8.78 Å². The Labute approximate surface area is 119 Å². The number of H-pyrrole nitrogens is 1. The number of hydrogen-bond acceptors (Lipinski definition) is 1. The van der Waals surface area contributed by atoms with E-state index in [-0.39, 0.29) is 10.8 Å². The largest absolute Gasteiger partial charge is 0.356 e. The van der Waals surface area contributed by atoms with Crippen molar-refractivity contribution in [1.82, 2.24) is 4.98 Å². The first-order valence-electron chi connectivity index (χ1n) is 6.04. The summed E-state index contributed by atoms with van der Waals surface area (Å²) in [6, 6.07) is 9.23. The summed E-state index contributed by atoms with van der Waals surface area (Å²) in [5.41, 5.74) is 2.68. The van der Waals surface area contributed by atoms with Crippen LogP contribution in [0.2, 0.25) is 5.02 Å². The number of aromatic nitrogens is 1. The molecule has 0 aliphatic rings. The molecule has 0 atom stereocenters. The van der Waals surface area contributed by atoms with Gasteiger partial charge in [0, 0.05) is 22.5 Å². The van der Waals surface area contributed by atoms with Crippen molar-refractivity contribution in [2.75, 3.05) is 5.32 Å². The van der Waals surface area contributed by atoms with Crippen molar-refractivity contribution in [3.8, 4) is 0 Å². The Morgan fingerprint density at radius 3 is 2.55 bits per heavy atom. The highest BCUT2D eigenvalue weighted by Crippen LogP contribution is 2.30. The first-order valence-corrected chi connectivity index (χ1v) is 6.42. The van der Waals surface area contributed by atoms with Crippen LogP contribution in [0.25, 0.3) is 10.9 Å². The van der Waals surface area contributed by atoms with Crippen LogP contribution in [-0.2, 0) is 0 Å². The summed E-state index contributed by atoms with van der Waals surface area (Å²) in [5.74, 6) is -0.783. The topological polar surface area (TPSA) is 27.8 Å². The molecule has 3 aromatic rings. The molecular weight excluding hydrogens is 282 g/mol. The summed E-state index contributed by atoms with van der Waals surface area (Å²) in [4.78, 5) is 2.97. The van der Waals surface area contributed by atoms with E-state index in [2.05, 4.69) is 10.3 Å². The Balaban J connectivity index is 2.06. The van der Waals surface area contributed by atoms with Gasteiger partial charge in [0.1, 0.15) is 11.6 Å². The second-order valence-electron chi connectivity index (χ2n) is 4.59. The SMILES string of the molecule is Cc1cc2c(Nc3ccc(F)c(Cl)c3)ccc(F)c2[nH]1. The minimum absolute atomic E-state index is 0.0404. The van der Waals surface area contributed by atoms with Crippen molar-refractivity contribution in [3.05, 3.63) is 58.7 Å². The molecule has 2 N–H and O–H groups in total. The number of nitrogens with one attached hydrogen (secondary N) is 2. The van der Waals surface area contributed by atoms with Gasteiger partial charge in [-0.05, 0) is 43.3 Å². The number of halogens is 3. The van der Waals surface area contributed by atoms with Crippen LogP contribution in [0.5, 0.6) is 0 Å². The van der Waals surface area contributed by atoms with Crippen molar-refractivity contribution in [2.45, 2.75) is 6.92 Å². The number of benzene rings is 2. The van der Waals surface area contributed by atoms with E-state index >= 15 is 0 Å². The highest BCUT2D eigenvalue weighted by molar-refractivity contribution is 6.31. The molecule has 0 aliphatic heterocycles. The number of aromatic amines is 1. The Bertz CT molecular complexity index is 796. The zero-order valence-corrected chi connectivity index (χ0v) is 11.4. The molecule has 5 heteroatoms. The number of aryl methyl sites for hydroxylation is 1. The van der Waals surface area contributed by atoms with Gasteiger partial charge in [0.15, 0.2) is 0 Å². The number of hydrogen-bond donors (Lipinski definition) is 2. The van der Waals surface area contributed by atoms with Crippen LogP contribution in [0.15, 0.2) is 36.4 Å². The molecule has 1 heterocycles. The van der Waals surface area contributed by atoms with E-state index in [1.807, 2.05) is 13.0 Å². The molecule has 0 radical (unpaired) electrons. The van der Waals surface area contributed by atoms with E-state index in [9.17, 15) is 8.78 Å². The van der Waals surface area contributed by atoms with Gasteiger partial charge in [-0.3, -0.25) is 0 Å². The third-order valence-electron chi connectivity index (χ3n) is 3.08. The lowest BCUT2D eigenvalue weighted by molar-refractivity contribution is 0.628. The van der Waals surface area contributed by atoms with Gasteiger partial charge in [-0.15, -0.1) is 0 Å². The predicted octanol–water partition coefficient (Wildman–Crippen LogP) is 5.15. The standard InChI is InChI=1S/C15H11ClF2N2/c1-8-6-10-14(5-4-13(18)15(10)19-8)20-9-2-3-12(17)11(16)7-9/h2-7,19-20H,1H3. The van der Waals surface area contributed by atoms with Gasteiger partial charge in [-0.1, -0.05) is 11.6 Å². The van der Waals surface area contributed by atoms with E-state index < -0.39 is 5.82 Å². The van der Waals surface area contributed by atoms with Crippen LogP contribution in [-0.4, -0.2) is 4.98 Å². The average Bonchev–Trinajstić information content (AvgIpc) is 2.80. The predicted molar refractivity (Wildman–Crippen MR) is 77.7 cm³/mol. The van der Waals surface area contributed by atoms with Crippen LogP contribution < -0.4 is 5.32 Å². The van der Waals surface area contributed by atoms with Crippen molar-refractivity contribution in [3.63, 3.8) is 0 Å². The molecule has 2 aromatic carbocycles. The molecule has 0 aliphatic carbocycles. The van der Waals surface area contributed by atoms with E-state index in [0.717, 1.165) is 16.8 Å². The van der Waals surface area contributed by atoms with Crippen molar-refractivity contribution in [2.24, 2.45) is 0 Å². The van der Waals surface area contributed by atoms with Gasteiger partial charge in [0.25, 0.3) is 0 Å². The van der Waals surface area contributed by atoms with E-state index in [1.54, 1.807) is 12.1 Å². The van der Waals surface area contributed by atoms with E-state index in [0.29, 0.717) is 11.2 Å². The summed E-state index contributed by atoms with van der Waals surface area (Å²) >= 11 is 5.75. The highest BCUT2D eigenvalue weighted by atomic mass is 35.5. The van der Waals surface area contributed by atoms with Gasteiger partial charge in [-0.2, -0.15) is 0 Å². The molecule has 2 nitrogen and oxygen atoms in total. The maximum atomic E-state index is 13.7. The fourth-order valence-electron chi connectivity index (χ4n) is 2.16. The minimum atomic E-state index is -0.473. The van der Waals surface area contributed by atoms with Crippen molar-refractivity contribution >= 4 is 33.9 Å². The summed E-state index contributed by atoms with van der Waals surface area (Å²) in [6.07, 6.45) is 0. The molecule has 20 heavy (non-hydrogen) atoms. The fraction of sp³-hybridized carbons (Fsp3) is 0.0667. The molecular formula is C15H11ClF2N2. The Morgan fingerprint density at radius 2 is 1.80 bits per heavy atom. The van der Waals surface area contributed by atoms with Crippen molar-refractivity contribution in [1.29, 1.82) is 0 Å². The third kappa shape index (κ3) is 2.23. The molecule has 0 saturated carbocycles. The molecule has 0 saturated heterocycles. The monoisotopic (exact) mass is 292 g/mol. The molecule has 0 amide bonds. The number of rotatable bonds is 2. The smallest absolute Gasteiger partial charge is 0.147 e. The molecule has 0 fully saturated rings. The van der Waals surface area contributed by atoms with Crippen LogP contribution in [0.4, 0.5) is 20.2 Å². The molecule has 102 valence electrons. The van der Waals surface area contributed by atoms with E-state index in [1.165, 1.54) is 18.2 Å². The summed E-state index contributed by atoms with van der Waals surface area (Å²) in [5, 5.41) is 3.90. The number of anilines is 2. The normalized spacial score (nSPS) is 11.0. The van der Waals surface area contributed by atoms with Crippen LogP contribution in [0.1, 0.15) is 5.69 Å². The van der Waals surface area contributed by atoms with E-state index in [4.69, 9.17) is 11.6 Å².